The third-order valence-corrected chi connectivity index (χ3v) is 6.43. The molecule has 7 nitrogen and oxygen atoms in total. The summed E-state index contributed by atoms with van der Waals surface area (Å²) in [5.41, 5.74) is 0.567. The third-order valence-electron chi connectivity index (χ3n) is 3.95. The summed E-state index contributed by atoms with van der Waals surface area (Å²) in [4.78, 5) is 37.5. The van der Waals surface area contributed by atoms with Crippen molar-refractivity contribution in [2.24, 2.45) is 0 Å². The number of amides is 2. The molecule has 0 unspecified atom stereocenters. The number of halogens is 4. The Hall–Kier alpha value is -1.73. The largest absolute Gasteiger partial charge is 0.480 e. The highest BCUT2D eigenvalue weighted by Gasteiger charge is 2.35. The predicted octanol–water partition coefficient (Wildman–Crippen LogP) is 4.66. The zero-order valence-electron chi connectivity index (χ0n) is 15.1. The minimum absolute atomic E-state index is 0.118. The van der Waals surface area contributed by atoms with E-state index in [4.69, 9.17) is 45.3 Å². The van der Waals surface area contributed by atoms with Crippen LogP contribution in [0.5, 0.6) is 5.75 Å². The van der Waals surface area contributed by atoms with E-state index in [0.29, 0.717) is 19.4 Å². The van der Waals surface area contributed by atoms with Crippen molar-refractivity contribution in [1.82, 2.24) is 5.32 Å². The van der Waals surface area contributed by atoms with E-state index in [-0.39, 0.29) is 26.4 Å². The fourth-order valence-electron chi connectivity index (χ4n) is 2.64. The number of ether oxygens (including phenoxy) is 1. The van der Waals surface area contributed by atoms with Gasteiger partial charge in [-0.3, -0.25) is 19.8 Å². The summed E-state index contributed by atoms with van der Waals surface area (Å²) in [5.74, 6) is -2.12. The van der Waals surface area contributed by atoms with Crippen molar-refractivity contribution in [2.45, 2.75) is 0 Å². The van der Waals surface area contributed by atoms with Crippen LogP contribution in [-0.4, -0.2) is 34.6 Å². The summed E-state index contributed by atoms with van der Waals surface area (Å²) in [6, 6.07) is 7.96. The molecule has 3 rings (SSSR count). The van der Waals surface area contributed by atoms with Gasteiger partial charge in [0, 0.05) is 0 Å². The minimum atomic E-state index is -1.12. The van der Waals surface area contributed by atoms with Gasteiger partial charge in [0.25, 0.3) is 11.8 Å². The van der Waals surface area contributed by atoms with Gasteiger partial charge in [-0.2, -0.15) is 0 Å². The van der Waals surface area contributed by atoms with Crippen LogP contribution in [0.2, 0.25) is 10.0 Å². The topological polar surface area (TPSA) is 95.9 Å². The average molecular weight is 656 g/mol. The molecule has 1 saturated heterocycles. The monoisotopic (exact) mass is 654 g/mol. The Labute approximate surface area is 213 Å². The zero-order valence-corrected chi connectivity index (χ0v) is 21.2. The van der Waals surface area contributed by atoms with E-state index in [1.807, 2.05) is 22.6 Å². The lowest BCUT2D eigenvalue weighted by atomic mass is 10.1. The van der Waals surface area contributed by atoms with Gasteiger partial charge in [-0.15, -0.1) is 0 Å². The van der Waals surface area contributed by atoms with Crippen LogP contribution < -0.4 is 15.0 Å². The van der Waals surface area contributed by atoms with Gasteiger partial charge in [0.05, 0.1) is 23.8 Å². The summed E-state index contributed by atoms with van der Waals surface area (Å²) < 4.78 is 6.29. The lowest BCUT2D eigenvalue weighted by Crippen LogP contribution is -2.54. The number of nitrogens with one attached hydrogen (secondary N) is 1. The van der Waals surface area contributed by atoms with Crippen LogP contribution in [0.25, 0.3) is 6.08 Å². The second-order valence-electron chi connectivity index (χ2n) is 6.03. The molecule has 0 saturated carbocycles. The average Bonchev–Trinajstić information content (AvgIpc) is 2.67. The van der Waals surface area contributed by atoms with Crippen LogP contribution in [0.15, 0.2) is 40.4 Å². The highest BCUT2D eigenvalue weighted by molar-refractivity contribution is 14.1. The highest BCUT2D eigenvalue weighted by Crippen LogP contribution is 2.35. The second kappa shape index (κ2) is 9.82. The van der Waals surface area contributed by atoms with Gasteiger partial charge in [-0.05, 0) is 86.6 Å². The molecule has 1 aliphatic rings. The molecule has 2 aromatic carbocycles. The lowest BCUT2D eigenvalue weighted by molar-refractivity contribution is -0.139. The predicted molar refractivity (Wildman–Crippen MR) is 133 cm³/mol. The summed E-state index contributed by atoms with van der Waals surface area (Å²) in [6.45, 7) is -0.511. The van der Waals surface area contributed by atoms with Crippen LogP contribution in [-0.2, 0) is 14.4 Å². The molecule has 0 radical (unpaired) electrons. The number of benzene rings is 2. The number of carboxylic acid groups (broad SMARTS) is 1. The Morgan fingerprint density at radius 2 is 2.03 bits per heavy atom. The Kier molecular flexibility index (Phi) is 7.58. The highest BCUT2D eigenvalue weighted by atomic mass is 127. The first-order valence-corrected chi connectivity index (χ1v) is 11.3. The first-order chi connectivity index (χ1) is 14.6. The van der Waals surface area contributed by atoms with Crippen molar-refractivity contribution in [1.29, 1.82) is 0 Å². The number of thiocarbonyl (C=S) groups is 1. The number of anilines is 1. The third kappa shape index (κ3) is 5.20. The number of hydrogen-bond donors (Lipinski definition) is 2. The normalized spacial score (nSPS) is 15.3. The maximum Gasteiger partial charge on any atom is 0.341 e. The molecule has 2 amide bonds. The number of aliphatic carboxylic acids is 1. The Bertz CT molecular complexity index is 1150. The fraction of sp³-hybridized carbons (Fsp3) is 0.0526. The van der Waals surface area contributed by atoms with Crippen LogP contribution in [0, 0.1) is 3.57 Å². The molecule has 0 aromatic heterocycles. The number of carbonyl (C=O) groups excluding carboxylic acids is 2. The fourth-order valence-corrected chi connectivity index (χ4v) is 5.07. The van der Waals surface area contributed by atoms with Gasteiger partial charge in [0.2, 0.25) is 0 Å². The summed E-state index contributed by atoms with van der Waals surface area (Å²) in [5, 5.41) is 11.5. The molecule has 31 heavy (non-hydrogen) atoms. The number of carboxylic acids is 1. The molecule has 1 heterocycles. The van der Waals surface area contributed by atoms with E-state index in [1.54, 1.807) is 30.3 Å². The van der Waals surface area contributed by atoms with Crippen LogP contribution in [0.3, 0.4) is 0 Å². The standard InChI is InChI=1S/C19H10BrCl2IN2O5S/c20-10-5-8(6-12(23)16(10)30-7-14(26)27)4-9-17(28)24-19(31)25(18(9)29)13-3-1-2-11(21)15(13)22/h1-6H,7H2,(H,26,27)(H,24,28,31)/b9-4+. The molecular weight excluding hydrogens is 646 g/mol. The van der Waals surface area contributed by atoms with Crippen molar-refractivity contribution in [3.63, 3.8) is 0 Å². The summed E-state index contributed by atoms with van der Waals surface area (Å²) in [7, 11) is 0. The van der Waals surface area contributed by atoms with Crippen LogP contribution in [0.4, 0.5) is 5.69 Å². The van der Waals surface area contributed by atoms with E-state index in [9.17, 15) is 14.4 Å². The van der Waals surface area contributed by atoms with Crippen molar-refractivity contribution in [3.05, 3.63) is 59.6 Å². The summed E-state index contributed by atoms with van der Waals surface area (Å²) >= 11 is 22.7. The maximum absolute atomic E-state index is 13.1. The van der Waals surface area contributed by atoms with Gasteiger partial charge in [-0.25, -0.2) is 4.79 Å². The molecule has 0 bridgehead atoms. The first-order valence-electron chi connectivity index (χ1n) is 8.29. The van der Waals surface area contributed by atoms with Crippen molar-refractivity contribution >= 4 is 109 Å². The van der Waals surface area contributed by atoms with Crippen LogP contribution >= 0.6 is 73.9 Å². The number of nitrogens with zero attached hydrogens (tertiary/aromatic N) is 1. The van der Waals surface area contributed by atoms with Gasteiger partial charge < -0.3 is 9.84 Å². The molecule has 12 heteroatoms. The molecule has 1 fully saturated rings. The maximum atomic E-state index is 13.1. The van der Waals surface area contributed by atoms with Crippen LogP contribution in [0.1, 0.15) is 5.56 Å². The Morgan fingerprint density at radius 1 is 1.32 bits per heavy atom. The quantitative estimate of drug-likeness (QED) is 0.211. The molecular formula is C19H10BrCl2IN2O5S. The smallest absolute Gasteiger partial charge is 0.341 e. The number of carbonyl (C=O) groups is 3. The second-order valence-corrected chi connectivity index (χ2v) is 9.22. The summed E-state index contributed by atoms with van der Waals surface area (Å²) in [6.07, 6.45) is 1.39. The van der Waals surface area contributed by atoms with Crippen molar-refractivity contribution in [2.75, 3.05) is 11.5 Å². The van der Waals surface area contributed by atoms with E-state index in [0.717, 1.165) is 4.90 Å². The van der Waals surface area contributed by atoms with Crippen molar-refractivity contribution in [3.8, 4) is 5.75 Å². The first kappa shape index (κ1) is 23.9. The molecule has 0 aliphatic carbocycles. The van der Waals surface area contributed by atoms with E-state index >= 15 is 0 Å². The van der Waals surface area contributed by atoms with Gasteiger partial charge in [-0.1, -0.05) is 29.3 Å². The minimum Gasteiger partial charge on any atom is -0.480 e. The van der Waals surface area contributed by atoms with Gasteiger partial charge in [0.15, 0.2) is 11.7 Å². The molecule has 0 atom stereocenters. The van der Waals surface area contributed by atoms with E-state index < -0.39 is 24.4 Å². The molecule has 2 aromatic rings. The number of rotatable bonds is 5. The SMILES string of the molecule is O=C(O)COc1c(Br)cc(/C=C2\C(=O)NC(=S)N(c3cccc(Cl)c3Cl)C2=O)cc1I. The van der Waals surface area contributed by atoms with E-state index in [1.165, 1.54) is 6.08 Å². The zero-order chi connectivity index (χ0) is 22.9. The van der Waals surface area contributed by atoms with Gasteiger partial charge >= 0.3 is 5.97 Å². The molecule has 2 N–H and O–H groups in total. The lowest BCUT2D eigenvalue weighted by Gasteiger charge is -2.29. The molecule has 160 valence electrons. The Morgan fingerprint density at radius 3 is 2.68 bits per heavy atom. The van der Waals surface area contributed by atoms with Gasteiger partial charge in [0.1, 0.15) is 11.3 Å². The molecule has 0 spiro atoms. The molecule has 1 aliphatic heterocycles. The van der Waals surface area contributed by atoms with Crippen molar-refractivity contribution < 1.29 is 24.2 Å². The number of hydrogen-bond acceptors (Lipinski definition) is 5. The van der Waals surface area contributed by atoms with E-state index in [2.05, 4.69) is 21.2 Å². The Balaban J connectivity index is 2.00.